The molecule has 0 aromatic carbocycles. The highest BCUT2D eigenvalue weighted by atomic mass is 14.5. The van der Waals surface area contributed by atoms with Crippen molar-refractivity contribution >= 4 is 0 Å². The van der Waals surface area contributed by atoms with Crippen molar-refractivity contribution in [2.75, 3.05) is 0 Å². The molecule has 0 bridgehead atoms. The highest BCUT2D eigenvalue weighted by molar-refractivity contribution is 4.94. The molecule has 25 heavy (non-hydrogen) atoms. The number of hydrogen-bond acceptors (Lipinski definition) is 0. The van der Waals surface area contributed by atoms with Crippen molar-refractivity contribution < 1.29 is 0 Å². The standard InChI is InChI=1S/C25H50/c1-7-12-14-22(9-3)19-25(20-23(10-4)15-13-8-2)18-21(6)16-17-24(25)11-5/h21-24H,7-20H2,1-6H3. The highest BCUT2D eigenvalue weighted by Gasteiger charge is 2.43. The SMILES string of the molecule is CCCCC(CC)CC1(CC(CC)CCCC)CC(C)CCC1CC. The maximum absolute atomic E-state index is 2.54. The molecule has 0 heteroatoms. The first-order chi connectivity index (χ1) is 12.0. The summed E-state index contributed by atoms with van der Waals surface area (Å²) in [6.45, 7) is 14.6. The Morgan fingerprint density at radius 3 is 1.72 bits per heavy atom. The summed E-state index contributed by atoms with van der Waals surface area (Å²) >= 11 is 0. The molecule has 1 fully saturated rings. The van der Waals surface area contributed by atoms with E-state index < -0.39 is 0 Å². The van der Waals surface area contributed by atoms with Gasteiger partial charge in [-0.2, -0.15) is 0 Å². The van der Waals surface area contributed by atoms with Gasteiger partial charge in [0.15, 0.2) is 0 Å². The largest absolute Gasteiger partial charge is 0.0654 e. The van der Waals surface area contributed by atoms with Gasteiger partial charge in [0, 0.05) is 0 Å². The topological polar surface area (TPSA) is 0 Å². The Morgan fingerprint density at radius 2 is 1.32 bits per heavy atom. The van der Waals surface area contributed by atoms with E-state index in [0.29, 0.717) is 5.41 Å². The predicted octanol–water partition coefficient (Wildman–Crippen LogP) is 9.03. The maximum Gasteiger partial charge on any atom is -0.0261 e. The van der Waals surface area contributed by atoms with E-state index in [1.54, 1.807) is 0 Å². The van der Waals surface area contributed by atoms with Crippen LogP contribution in [-0.4, -0.2) is 0 Å². The first-order valence-corrected chi connectivity index (χ1v) is 12.0. The van der Waals surface area contributed by atoms with Gasteiger partial charge in [0.2, 0.25) is 0 Å². The van der Waals surface area contributed by atoms with Gasteiger partial charge in [-0.3, -0.25) is 0 Å². The molecule has 1 rings (SSSR count). The van der Waals surface area contributed by atoms with Crippen LogP contribution in [0.15, 0.2) is 0 Å². The van der Waals surface area contributed by atoms with Crippen LogP contribution in [0.1, 0.15) is 131 Å². The maximum atomic E-state index is 2.54. The Labute approximate surface area is 160 Å². The molecule has 0 radical (unpaired) electrons. The second kappa shape index (κ2) is 12.4. The molecule has 4 atom stereocenters. The lowest BCUT2D eigenvalue weighted by Gasteiger charge is -2.50. The van der Waals surface area contributed by atoms with Crippen LogP contribution in [0.5, 0.6) is 0 Å². The van der Waals surface area contributed by atoms with E-state index in [-0.39, 0.29) is 0 Å². The van der Waals surface area contributed by atoms with Gasteiger partial charge < -0.3 is 0 Å². The summed E-state index contributed by atoms with van der Waals surface area (Å²) in [6.07, 6.45) is 20.4. The van der Waals surface area contributed by atoms with E-state index in [2.05, 4.69) is 41.5 Å². The molecule has 1 aliphatic rings. The van der Waals surface area contributed by atoms with E-state index in [0.717, 1.165) is 23.7 Å². The molecule has 0 aromatic heterocycles. The van der Waals surface area contributed by atoms with Crippen LogP contribution in [0.4, 0.5) is 0 Å². The zero-order valence-corrected chi connectivity index (χ0v) is 18.7. The molecule has 0 aliphatic heterocycles. The zero-order chi connectivity index (χ0) is 18.7. The van der Waals surface area contributed by atoms with Crippen molar-refractivity contribution in [1.29, 1.82) is 0 Å². The fraction of sp³-hybridized carbons (Fsp3) is 1.00. The Bertz CT molecular complexity index is 300. The van der Waals surface area contributed by atoms with Crippen LogP contribution in [0.2, 0.25) is 0 Å². The monoisotopic (exact) mass is 350 g/mol. The molecule has 150 valence electrons. The zero-order valence-electron chi connectivity index (χ0n) is 18.7. The van der Waals surface area contributed by atoms with Crippen molar-refractivity contribution in [1.82, 2.24) is 0 Å². The minimum absolute atomic E-state index is 0.662. The molecular formula is C25H50. The molecule has 0 heterocycles. The van der Waals surface area contributed by atoms with Crippen molar-refractivity contribution in [3.05, 3.63) is 0 Å². The van der Waals surface area contributed by atoms with E-state index >= 15 is 0 Å². The van der Waals surface area contributed by atoms with Crippen LogP contribution < -0.4 is 0 Å². The van der Waals surface area contributed by atoms with E-state index in [1.807, 2.05) is 0 Å². The quantitative estimate of drug-likeness (QED) is 0.311. The molecular weight excluding hydrogens is 300 g/mol. The molecule has 0 amide bonds. The average Bonchev–Trinajstić information content (AvgIpc) is 2.62. The number of unbranched alkanes of at least 4 members (excludes halogenated alkanes) is 2. The van der Waals surface area contributed by atoms with Crippen LogP contribution in [0.3, 0.4) is 0 Å². The van der Waals surface area contributed by atoms with Gasteiger partial charge in [0.05, 0.1) is 0 Å². The molecule has 1 saturated carbocycles. The third kappa shape index (κ3) is 7.26. The fourth-order valence-corrected chi connectivity index (χ4v) is 6.01. The smallest absolute Gasteiger partial charge is 0.0261 e. The molecule has 1 aliphatic carbocycles. The molecule has 4 unspecified atom stereocenters. The Hall–Kier alpha value is 0. The Kier molecular flexibility index (Phi) is 11.4. The van der Waals surface area contributed by atoms with Crippen LogP contribution in [-0.2, 0) is 0 Å². The fourth-order valence-electron chi connectivity index (χ4n) is 6.01. The lowest BCUT2D eigenvalue weighted by Crippen LogP contribution is -2.40. The minimum Gasteiger partial charge on any atom is -0.0654 e. The summed E-state index contributed by atoms with van der Waals surface area (Å²) in [7, 11) is 0. The Morgan fingerprint density at radius 1 is 0.800 bits per heavy atom. The summed E-state index contributed by atoms with van der Waals surface area (Å²) in [4.78, 5) is 0. The highest BCUT2D eigenvalue weighted by Crippen LogP contribution is 2.54. The van der Waals surface area contributed by atoms with Crippen molar-refractivity contribution in [3.63, 3.8) is 0 Å². The summed E-state index contributed by atoms with van der Waals surface area (Å²) in [5.41, 5.74) is 0.662. The summed E-state index contributed by atoms with van der Waals surface area (Å²) in [5.74, 6) is 3.90. The van der Waals surface area contributed by atoms with Gasteiger partial charge in [0.1, 0.15) is 0 Å². The van der Waals surface area contributed by atoms with Crippen molar-refractivity contribution in [2.45, 2.75) is 131 Å². The molecule has 0 spiro atoms. The summed E-state index contributed by atoms with van der Waals surface area (Å²) < 4.78 is 0. The first-order valence-electron chi connectivity index (χ1n) is 12.0. The second-order valence-corrected chi connectivity index (χ2v) is 9.60. The van der Waals surface area contributed by atoms with E-state index in [4.69, 9.17) is 0 Å². The number of rotatable bonds is 13. The lowest BCUT2D eigenvalue weighted by molar-refractivity contribution is 0.00516. The third-order valence-corrected chi connectivity index (χ3v) is 7.60. The van der Waals surface area contributed by atoms with Crippen LogP contribution in [0.25, 0.3) is 0 Å². The Balaban J connectivity index is 2.97. The normalized spacial score (nSPS) is 29.5. The summed E-state index contributed by atoms with van der Waals surface area (Å²) in [6, 6.07) is 0. The molecule has 0 aromatic rings. The predicted molar refractivity (Wildman–Crippen MR) is 115 cm³/mol. The average molecular weight is 351 g/mol. The van der Waals surface area contributed by atoms with E-state index in [1.165, 1.54) is 89.9 Å². The van der Waals surface area contributed by atoms with Gasteiger partial charge in [0.25, 0.3) is 0 Å². The van der Waals surface area contributed by atoms with Gasteiger partial charge in [-0.15, -0.1) is 0 Å². The van der Waals surface area contributed by atoms with Gasteiger partial charge in [-0.25, -0.2) is 0 Å². The second-order valence-electron chi connectivity index (χ2n) is 9.60. The first kappa shape index (κ1) is 23.0. The van der Waals surface area contributed by atoms with Gasteiger partial charge >= 0.3 is 0 Å². The van der Waals surface area contributed by atoms with E-state index in [9.17, 15) is 0 Å². The molecule has 0 saturated heterocycles. The minimum atomic E-state index is 0.662. The van der Waals surface area contributed by atoms with Crippen molar-refractivity contribution in [3.8, 4) is 0 Å². The van der Waals surface area contributed by atoms with Crippen LogP contribution >= 0.6 is 0 Å². The number of hydrogen-bond donors (Lipinski definition) is 0. The van der Waals surface area contributed by atoms with Crippen molar-refractivity contribution in [2.24, 2.45) is 29.1 Å². The van der Waals surface area contributed by atoms with Gasteiger partial charge in [-0.05, 0) is 54.8 Å². The lowest BCUT2D eigenvalue weighted by atomic mass is 9.55. The summed E-state index contributed by atoms with van der Waals surface area (Å²) in [5, 5.41) is 0. The third-order valence-electron chi connectivity index (χ3n) is 7.60. The molecule has 0 N–H and O–H groups in total. The molecule has 0 nitrogen and oxygen atoms in total. The van der Waals surface area contributed by atoms with Gasteiger partial charge in [-0.1, -0.05) is 106 Å². The van der Waals surface area contributed by atoms with Crippen LogP contribution in [0, 0.1) is 29.1 Å².